The van der Waals surface area contributed by atoms with E-state index in [9.17, 15) is 4.39 Å². The van der Waals surface area contributed by atoms with Crippen LogP contribution in [-0.4, -0.2) is 36.2 Å². The van der Waals surface area contributed by atoms with E-state index in [0.717, 1.165) is 35.2 Å². The maximum Gasteiger partial charge on any atom is 0.290 e. The number of allylic oxidation sites excluding steroid dienone is 3. The lowest BCUT2D eigenvalue weighted by atomic mass is 9.87. The van der Waals surface area contributed by atoms with E-state index < -0.39 is 0 Å². The largest absolute Gasteiger partial charge is 0.508 e. The van der Waals surface area contributed by atoms with Gasteiger partial charge in [0.05, 0.1) is 0 Å². The van der Waals surface area contributed by atoms with Crippen molar-refractivity contribution in [3.05, 3.63) is 82.9 Å². The second-order valence-corrected chi connectivity index (χ2v) is 11.3. The molecule has 2 aromatic carbocycles. The summed E-state index contributed by atoms with van der Waals surface area (Å²) in [6.07, 6.45) is 12.3. The number of carbonyl (C=O) groups excluding carboxylic acids is 1. The molecular weight excluding hydrogens is 533 g/mol. The summed E-state index contributed by atoms with van der Waals surface area (Å²) in [4.78, 5) is 21.8. The molecule has 0 radical (unpaired) electrons. The second-order valence-electron chi connectivity index (χ2n) is 11.3. The average Bonchev–Trinajstić information content (AvgIpc) is 2.93. The number of phenols is 1. The maximum absolute atomic E-state index is 13.3. The van der Waals surface area contributed by atoms with Crippen LogP contribution in [0, 0.1) is 17.2 Å². The molecule has 4 N–H and O–H groups in total. The van der Waals surface area contributed by atoms with Gasteiger partial charge in [-0.05, 0) is 97.9 Å². The number of hydrogen-bond acceptors (Lipinski definition) is 6. The first-order valence-electron chi connectivity index (χ1n) is 14.3. The monoisotopic (exact) mass is 583 g/mol. The minimum atomic E-state index is -0.250. The Morgan fingerprint density at radius 1 is 1.00 bits per heavy atom. The SMILES string of the molecule is CC(C)(C)Cc1ccc(O)cc1.CC=O.CNNC(/N=C\C(=C\C1CCCCC1)c1ccc(F)cc1)=C(C)C.O=CO. The minimum Gasteiger partial charge on any atom is -0.508 e. The van der Waals surface area contributed by atoms with Crippen molar-refractivity contribution in [1.29, 1.82) is 0 Å². The van der Waals surface area contributed by atoms with Gasteiger partial charge in [0.1, 0.15) is 23.7 Å². The van der Waals surface area contributed by atoms with Gasteiger partial charge in [-0.2, -0.15) is 0 Å². The van der Waals surface area contributed by atoms with Gasteiger partial charge in [0, 0.05) is 13.3 Å². The molecule has 232 valence electrons. The molecule has 0 amide bonds. The summed E-state index contributed by atoms with van der Waals surface area (Å²) in [6.45, 7) is 11.8. The number of aromatic hydroxyl groups is 1. The van der Waals surface area contributed by atoms with E-state index in [1.54, 1.807) is 12.1 Å². The van der Waals surface area contributed by atoms with Gasteiger partial charge < -0.3 is 20.4 Å². The molecule has 7 nitrogen and oxygen atoms in total. The van der Waals surface area contributed by atoms with Crippen LogP contribution < -0.4 is 10.9 Å². The van der Waals surface area contributed by atoms with E-state index in [-0.39, 0.29) is 12.3 Å². The fourth-order valence-electron chi connectivity index (χ4n) is 4.18. The lowest BCUT2D eigenvalue weighted by Gasteiger charge is -2.19. The van der Waals surface area contributed by atoms with E-state index in [2.05, 4.69) is 42.7 Å². The van der Waals surface area contributed by atoms with Crippen LogP contribution in [0.2, 0.25) is 0 Å². The second kappa shape index (κ2) is 21.9. The van der Waals surface area contributed by atoms with Gasteiger partial charge in [0.15, 0.2) is 0 Å². The third-order valence-corrected chi connectivity index (χ3v) is 5.96. The van der Waals surface area contributed by atoms with Gasteiger partial charge in [-0.3, -0.25) is 4.79 Å². The van der Waals surface area contributed by atoms with Crippen molar-refractivity contribution in [2.75, 3.05) is 7.05 Å². The van der Waals surface area contributed by atoms with Crippen molar-refractivity contribution in [3.8, 4) is 5.75 Å². The van der Waals surface area contributed by atoms with Crippen molar-refractivity contribution in [1.82, 2.24) is 10.9 Å². The molecule has 8 heteroatoms. The van der Waals surface area contributed by atoms with E-state index >= 15 is 0 Å². The Morgan fingerprint density at radius 3 is 1.98 bits per heavy atom. The van der Waals surface area contributed by atoms with Crippen LogP contribution in [0.25, 0.3) is 5.57 Å². The molecule has 1 saturated carbocycles. The minimum absolute atomic E-state index is 0.213. The molecule has 0 atom stereocenters. The van der Waals surface area contributed by atoms with Crippen molar-refractivity contribution >= 4 is 24.5 Å². The van der Waals surface area contributed by atoms with E-state index in [4.69, 9.17) is 19.8 Å². The van der Waals surface area contributed by atoms with Gasteiger partial charge in [0.25, 0.3) is 6.47 Å². The number of carboxylic acid groups (broad SMARTS) is 1. The number of carbonyl (C=O) groups is 2. The molecule has 0 aliphatic heterocycles. The summed E-state index contributed by atoms with van der Waals surface area (Å²) in [7, 11) is 1.82. The molecule has 0 saturated heterocycles. The van der Waals surface area contributed by atoms with Crippen molar-refractivity contribution in [3.63, 3.8) is 0 Å². The zero-order valence-corrected chi connectivity index (χ0v) is 26.3. The van der Waals surface area contributed by atoms with Crippen LogP contribution in [0.4, 0.5) is 4.39 Å². The maximum atomic E-state index is 13.3. The predicted molar refractivity (Wildman–Crippen MR) is 172 cm³/mol. The van der Waals surface area contributed by atoms with Gasteiger partial charge in [-0.15, -0.1) is 0 Å². The highest BCUT2D eigenvalue weighted by Gasteiger charge is 2.13. The highest BCUT2D eigenvalue weighted by atomic mass is 19.1. The lowest BCUT2D eigenvalue weighted by Crippen LogP contribution is -2.26. The Hall–Kier alpha value is -3.78. The molecular formula is C34H50FN3O4. The third kappa shape index (κ3) is 18.5. The lowest BCUT2D eigenvalue weighted by molar-refractivity contribution is -0.122. The topological polar surface area (TPSA) is 111 Å². The van der Waals surface area contributed by atoms with Crippen molar-refractivity contribution in [2.45, 2.75) is 80.1 Å². The Morgan fingerprint density at radius 2 is 1.52 bits per heavy atom. The van der Waals surface area contributed by atoms with Gasteiger partial charge in [0.2, 0.25) is 0 Å². The Bertz CT molecular complexity index is 1100. The van der Waals surface area contributed by atoms with Crippen molar-refractivity contribution < 1.29 is 24.2 Å². The molecule has 0 unspecified atom stereocenters. The fraction of sp³-hybridized carbons (Fsp3) is 0.441. The normalized spacial score (nSPS) is 13.3. The van der Waals surface area contributed by atoms with Crippen LogP contribution in [0.3, 0.4) is 0 Å². The molecule has 3 rings (SSSR count). The zero-order valence-electron chi connectivity index (χ0n) is 26.3. The predicted octanol–water partition coefficient (Wildman–Crippen LogP) is 7.72. The van der Waals surface area contributed by atoms with Gasteiger partial charge >= 0.3 is 0 Å². The molecule has 0 aromatic heterocycles. The summed E-state index contributed by atoms with van der Waals surface area (Å²) in [5, 5.41) is 15.9. The first-order valence-corrected chi connectivity index (χ1v) is 14.3. The number of rotatable bonds is 7. The Labute approximate surface area is 251 Å². The Kier molecular flexibility index (Phi) is 19.9. The first-order chi connectivity index (χ1) is 19.9. The summed E-state index contributed by atoms with van der Waals surface area (Å²) >= 11 is 0. The molecule has 42 heavy (non-hydrogen) atoms. The van der Waals surface area contributed by atoms with E-state index in [1.165, 1.54) is 56.7 Å². The molecule has 1 aliphatic carbocycles. The summed E-state index contributed by atoms with van der Waals surface area (Å²) < 4.78 is 13.3. The fourth-order valence-corrected chi connectivity index (χ4v) is 4.18. The molecule has 0 spiro atoms. The number of nitrogens with one attached hydrogen (secondary N) is 2. The highest BCUT2D eigenvalue weighted by Crippen LogP contribution is 2.28. The zero-order chi connectivity index (χ0) is 32.0. The van der Waals surface area contributed by atoms with Crippen molar-refractivity contribution in [2.24, 2.45) is 16.3 Å². The number of nitrogens with zero attached hydrogens (tertiary/aromatic N) is 1. The molecule has 0 bridgehead atoms. The van der Waals surface area contributed by atoms with Crippen LogP contribution in [-0.2, 0) is 16.0 Å². The Balaban J connectivity index is 0.000000775. The van der Waals surface area contributed by atoms with Crippen LogP contribution >= 0.6 is 0 Å². The highest BCUT2D eigenvalue weighted by molar-refractivity contribution is 6.10. The first kappa shape index (κ1) is 38.2. The smallest absolute Gasteiger partial charge is 0.290 e. The molecule has 1 fully saturated rings. The molecule has 0 heterocycles. The summed E-state index contributed by atoms with van der Waals surface area (Å²) in [5.41, 5.74) is 10.7. The number of benzene rings is 2. The van der Waals surface area contributed by atoms with Crippen LogP contribution in [0.15, 0.2) is 71.0 Å². The number of hydrogen-bond donors (Lipinski definition) is 4. The van der Waals surface area contributed by atoms with Crippen LogP contribution in [0.5, 0.6) is 5.75 Å². The standard InChI is InChI=1S/C20H28FN3.C11H16O.C2H4O.CH2O2/c1-15(2)20(24-22-3)23-14-18(13-16-7-5-4-6-8-16)17-9-11-19(21)12-10-17;1-11(2,3)8-9-4-6-10(12)7-5-9;1-2-3;2-1-3/h9-14,16,22,24H,4-8H2,1-3H3;4-7,12H,8H2,1-3H3;2H,1H3;1H,(H,2,3)/b18-13-,23-14-;;;. The van der Waals surface area contributed by atoms with Crippen LogP contribution in [0.1, 0.15) is 84.8 Å². The van der Waals surface area contributed by atoms with Gasteiger partial charge in [-0.25, -0.2) is 14.8 Å². The number of halogens is 1. The van der Waals surface area contributed by atoms with E-state index in [1.807, 2.05) is 51.4 Å². The third-order valence-electron chi connectivity index (χ3n) is 5.96. The molecule has 1 aliphatic rings. The average molecular weight is 584 g/mol. The number of phenolic OH excluding ortho intramolecular Hbond substituents is 1. The number of aldehydes is 1. The number of aliphatic imine (C=N–C) groups is 1. The quantitative estimate of drug-likeness (QED) is 0.151. The summed E-state index contributed by atoms with van der Waals surface area (Å²) in [5.74, 6) is 1.51. The van der Waals surface area contributed by atoms with E-state index in [0.29, 0.717) is 17.1 Å². The number of hydrazine groups is 1. The summed E-state index contributed by atoms with van der Waals surface area (Å²) in [6, 6.07) is 14.1. The molecule has 2 aromatic rings. The van der Waals surface area contributed by atoms with Gasteiger partial charge in [-0.1, -0.05) is 70.4 Å².